The Balaban J connectivity index is 1.69. The topological polar surface area (TPSA) is 127 Å². The van der Waals surface area contributed by atoms with Crippen molar-refractivity contribution in [3.63, 3.8) is 0 Å². The van der Waals surface area contributed by atoms with Crippen LogP contribution in [0.25, 0.3) is 0 Å². The van der Waals surface area contributed by atoms with Gasteiger partial charge in [0.1, 0.15) is 18.3 Å². The Labute approximate surface area is 159 Å². The molecule has 3 heterocycles. The van der Waals surface area contributed by atoms with E-state index in [0.29, 0.717) is 0 Å². The number of rotatable bonds is 4. The van der Waals surface area contributed by atoms with Crippen LogP contribution >= 0.6 is 0 Å². The molecule has 158 valence electrons. The average Bonchev–Trinajstić information content (AvgIpc) is 2.66. The minimum absolute atomic E-state index is 0.0430. The first-order chi connectivity index (χ1) is 12.8. The Morgan fingerprint density at radius 2 is 1.30 bits per heavy atom. The number of aliphatic hydroxyl groups is 4. The molecule has 0 bridgehead atoms. The number of aliphatic hydroxyl groups excluding tert-OH is 4. The first kappa shape index (κ1) is 21.4. The average molecular weight is 392 g/mol. The normalized spacial score (nSPS) is 53.8. The van der Waals surface area contributed by atoms with Crippen LogP contribution in [0.15, 0.2) is 0 Å². The Kier molecular flexibility index (Phi) is 6.77. The lowest BCUT2D eigenvalue weighted by Crippen LogP contribution is -2.61. The minimum Gasteiger partial charge on any atom is -0.394 e. The first-order valence-electron chi connectivity index (χ1n) is 9.63. The van der Waals surface area contributed by atoms with E-state index in [9.17, 15) is 20.4 Å². The van der Waals surface area contributed by atoms with Gasteiger partial charge in [0.05, 0.1) is 19.3 Å². The SMILES string of the molecule is C[C@@H]1[C@@H](C)[C@@H](O[C@H]2OC3O[C@H](CO)[C@@H](O)O[C@H]3[C@H](C)[C@H]2C)O[C@H](CO)[C@H]1O. The van der Waals surface area contributed by atoms with Gasteiger partial charge in [0, 0.05) is 11.8 Å². The maximum absolute atomic E-state index is 10.2. The second-order valence-electron chi connectivity index (χ2n) is 8.01. The van der Waals surface area contributed by atoms with Crippen molar-refractivity contribution in [2.24, 2.45) is 23.7 Å². The van der Waals surface area contributed by atoms with E-state index in [1.54, 1.807) is 0 Å². The van der Waals surface area contributed by atoms with Gasteiger partial charge in [-0.2, -0.15) is 0 Å². The van der Waals surface area contributed by atoms with Crippen molar-refractivity contribution in [2.75, 3.05) is 13.2 Å². The van der Waals surface area contributed by atoms with E-state index in [0.717, 1.165) is 0 Å². The third-order valence-electron chi connectivity index (χ3n) is 6.35. The highest BCUT2D eigenvalue weighted by atomic mass is 16.8. The van der Waals surface area contributed by atoms with Gasteiger partial charge in [-0.25, -0.2) is 0 Å². The number of fused-ring (bicyclic) bond motifs is 1. The lowest BCUT2D eigenvalue weighted by Gasteiger charge is -2.50. The maximum atomic E-state index is 10.2. The molecular formula is C18H32O9. The molecule has 9 nitrogen and oxygen atoms in total. The van der Waals surface area contributed by atoms with E-state index in [2.05, 4.69) is 0 Å². The molecule has 0 saturated carbocycles. The van der Waals surface area contributed by atoms with Gasteiger partial charge in [0.25, 0.3) is 0 Å². The molecule has 3 rings (SSSR count). The first-order valence-corrected chi connectivity index (χ1v) is 9.63. The molecule has 0 aromatic carbocycles. The molecule has 3 aliphatic rings. The second kappa shape index (κ2) is 8.56. The van der Waals surface area contributed by atoms with Crippen molar-refractivity contribution in [2.45, 2.75) is 77.3 Å². The molecule has 3 fully saturated rings. The molecule has 9 heteroatoms. The summed E-state index contributed by atoms with van der Waals surface area (Å²) in [5.74, 6) is -0.354. The van der Waals surface area contributed by atoms with Crippen LogP contribution in [0.3, 0.4) is 0 Å². The van der Waals surface area contributed by atoms with Crippen LogP contribution in [0.2, 0.25) is 0 Å². The van der Waals surface area contributed by atoms with E-state index < -0.39 is 49.6 Å². The number of ether oxygens (including phenoxy) is 5. The molecule has 3 aliphatic heterocycles. The molecule has 0 radical (unpaired) electrons. The Morgan fingerprint density at radius 3 is 1.93 bits per heavy atom. The van der Waals surface area contributed by atoms with Gasteiger partial charge in [-0.1, -0.05) is 27.7 Å². The van der Waals surface area contributed by atoms with E-state index in [1.165, 1.54) is 0 Å². The fraction of sp³-hybridized carbons (Fsp3) is 1.00. The molecule has 3 saturated heterocycles. The summed E-state index contributed by atoms with van der Waals surface area (Å²) in [6.07, 6.45) is -6.14. The van der Waals surface area contributed by atoms with Crippen molar-refractivity contribution in [3.8, 4) is 0 Å². The predicted molar refractivity (Wildman–Crippen MR) is 91.0 cm³/mol. The quantitative estimate of drug-likeness (QED) is 0.496. The van der Waals surface area contributed by atoms with Crippen LogP contribution in [-0.4, -0.2) is 83.2 Å². The number of hydrogen-bond acceptors (Lipinski definition) is 9. The standard InChI is InChI=1S/C18H32O9/c1-7-9(3)16(23-11(5-19)13(7)21)26-17-10(4)8(2)14-18(27-17)24-12(6-20)15(22)25-14/h7-22H,5-6H2,1-4H3/t7-,8-,9-,10-,11-,12-,13+,14+,15+,16-,17+,18?/m1/s1. The summed E-state index contributed by atoms with van der Waals surface area (Å²) in [5.41, 5.74) is 0. The summed E-state index contributed by atoms with van der Waals surface area (Å²) < 4.78 is 29.0. The molecule has 27 heavy (non-hydrogen) atoms. The fourth-order valence-corrected chi connectivity index (χ4v) is 3.92. The van der Waals surface area contributed by atoms with Crippen LogP contribution in [-0.2, 0) is 23.7 Å². The lowest BCUT2D eigenvalue weighted by molar-refractivity contribution is -0.425. The van der Waals surface area contributed by atoms with Crippen molar-refractivity contribution in [1.82, 2.24) is 0 Å². The Hall–Kier alpha value is -0.360. The molecule has 12 atom stereocenters. The zero-order chi connectivity index (χ0) is 19.9. The van der Waals surface area contributed by atoms with Crippen LogP contribution in [0, 0.1) is 23.7 Å². The second-order valence-corrected chi connectivity index (χ2v) is 8.01. The van der Waals surface area contributed by atoms with Crippen LogP contribution in [0.4, 0.5) is 0 Å². The molecule has 4 N–H and O–H groups in total. The van der Waals surface area contributed by atoms with E-state index in [1.807, 2.05) is 27.7 Å². The summed E-state index contributed by atoms with van der Waals surface area (Å²) >= 11 is 0. The van der Waals surface area contributed by atoms with Gasteiger partial charge in [0.2, 0.25) is 0 Å². The summed E-state index contributed by atoms with van der Waals surface area (Å²) in [6.45, 7) is 7.04. The third kappa shape index (κ3) is 4.03. The lowest BCUT2D eigenvalue weighted by atomic mass is 9.84. The van der Waals surface area contributed by atoms with Crippen molar-refractivity contribution in [3.05, 3.63) is 0 Å². The smallest absolute Gasteiger partial charge is 0.187 e. The monoisotopic (exact) mass is 392 g/mol. The summed E-state index contributed by atoms with van der Waals surface area (Å²) in [5, 5.41) is 38.9. The summed E-state index contributed by atoms with van der Waals surface area (Å²) in [6, 6.07) is 0. The van der Waals surface area contributed by atoms with E-state index >= 15 is 0 Å². The molecule has 0 aliphatic carbocycles. The van der Waals surface area contributed by atoms with Crippen molar-refractivity contribution < 1.29 is 44.1 Å². The van der Waals surface area contributed by atoms with Crippen LogP contribution in [0.5, 0.6) is 0 Å². The highest BCUT2D eigenvalue weighted by Gasteiger charge is 2.51. The zero-order valence-corrected chi connectivity index (χ0v) is 16.2. The highest BCUT2D eigenvalue weighted by molar-refractivity contribution is 4.89. The number of hydrogen-bond donors (Lipinski definition) is 4. The zero-order valence-electron chi connectivity index (χ0n) is 16.2. The molecular weight excluding hydrogens is 360 g/mol. The highest BCUT2D eigenvalue weighted by Crippen LogP contribution is 2.40. The fourth-order valence-electron chi connectivity index (χ4n) is 3.92. The molecule has 0 spiro atoms. The van der Waals surface area contributed by atoms with E-state index in [4.69, 9.17) is 23.7 Å². The molecule has 1 unspecified atom stereocenters. The van der Waals surface area contributed by atoms with Gasteiger partial charge in [-0.05, 0) is 11.8 Å². The minimum atomic E-state index is -1.21. The summed E-state index contributed by atoms with van der Waals surface area (Å²) in [7, 11) is 0. The van der Waals surface area contributed by atoms with Crippen LogP contribution in [0.1, 0.15) is 27.7 Å². The Bertz CT molecular complexity index is 489. The van der Waals surface area contributed by atoms with E-state index in [-0.39, 0.29) is 36.9 Å². The van der Waals surface area contributed by atoms with Gasteiger partial charge >= 0.3 is 0 Å². The van der Waals surface area contributed by atoms with Crippen molar-refractivity contribution >= 4 is 0 Å². The molecule has 0 aromatic rings. The summed E-state index contributed by atoms with van der Waals surface area (Å²) in [4.78, 5) is 0. The van der Waals surface area contributed by atoms with Gasteiger partial charge in [0.15, 0.2) is 25.2 Å². The Morgan fingerprint density at radius 1 is 0.704 bits per heavy atom. The third-order valence-corrected chi connectivity index (χ3v) is 6.35. The largest absolute Gasteiger partial charge is 0.394 e. The molecule has 0 aromatic heterocycles. The van der Waals surface area contributed by atoms with Gasteiger partial charge in [-0.3, -0.25) is 0 Å². The van der Waals surface area contributed by atoms with Crippen molar-refractivity contribution in [1.29, 1.82) is 0 Å². The predicted octanol–water partition coefficient (Wildman–Crippen LogP) is -0.597. The van der Waals surface area contributed by atoms with Gasteiger partial charge < -0.3 is 44.1 Å². The molecule has 0 amide bonds. The van der Waals surface area contributed by atoms with Gasteiger partial charge in [-0.15, -0.1) is 0 Å². The van der Waals surface area contributed by atoms with Crippen LogP contribution < -0.4 is 0 Å². The maximum Gasteiger partial charge on any atom is 0.187 e.